The molecular weight excluding hydrogens is 850 g/mol. The maximum absolute atomic E-state index is 13.6. The van der Waals surface area contributed by atoms with Crippen LogP contribution in [0, 0.1) is 13.8 Å². The second kappa shape index (κ2) is 24.0. The standard InChI is InChI=1S/C50H68ClN5O9/c1-8-9-10-11-12-13-14-15-16-17-18-19-20-25-42(60)62-30-36-23-21-22-24-37(36)47(61)63-31-50(7)39(58)28-41(65-50)56-32-52-44-45(54-48(51)55-46(44)56)53-40(59)29-49(5,6)43-34(3)26-33(2)27-38(43)64-35(4)57/h21-24,26-27,32,39,41,58H,8-20,25,28-31H2,1-7H3,(H,53,54,55,59)/t39-,41+,50+/m0/s1. The molecule has 0 aliphatic carbocycles. The zero-order chi connectivity index (χ0) is 47.1. The first-order valence-electron chi connectivity index (χ1n) is 23.3. The number of imidazole rings is 1. The molecule has 14 nitrogen and oxygen atoms in total. The van der Waals surface area contributed by atoms with Crippen LogP contribution in [0.25, 0.3) is 11.2 Å². The van der Waals surface area contributed by atoms with Gasteiger partial charge in [-0.25, -0.2) is 9.78 Å². The molecule has 1 fully saturated rings. The van der Waals surface area contributed by atoms with Gasteiger partial charge in [0.05, 0.1) is 18.0 Å². The first-order chi connectivity index (χ1) is 31.0. The molecular formula is C50H68ClN5O9. The number of esters is 3. The summed E-state index contributed by atoms with van der Waals surface area (Å²) in [5.41, 5.74) is 1.71. The van der Waals surface area contributed by atoms with Crippen molar-refractivity contribution in [2.45, 2.75) is 181 Å². The number of aliphatic hydroxyl groups is 1. The number of aromatic nitrogens is 4. The van der Waals surface area contributed by atoms with E-state index in [1.807, 2.05) is 33.8 Å². The number of anilines is 1. The molecule has 2 aromatic heterocycles. The van der Waals surface area contributed by atoms with Crippen LogP contribution in [0.2, 0.25) is 5.28 Å². The Morgan fingerprint density at radius 2 is 1.58 bits per heavy atom. The molecule has 1 aliphatic rings. The number of nitrogens with zero attached hydrogens (tertiary/aromatic N) is 4. The number of hydrogen-bond donors (Lipinski definition) is 2. The third kappa shape index (κ3) is 14.5. The average molecular weight is 919 g/mol. The van der Waals surface area contributed by atoms with Gasteiger partial charge in [-0.2, -0.15) is 9.97 Å². The second-order valence-corrected chi connectivity index (χ2v) is 18.7. The first kappa shape index (κ1) is 51.1. The van der Waals surface area contributed by atoms with Gasteiger partial charge in [0, 0.05) is 42.7 Å². The van der Waals surface area contributed by atoms with Gasteiger partial charge in [0.15, 0.2) is 17.0 Å². The van der Waals surface area contributed by atoms with Crippen molar-refractivity contribution < 1.29 is 43.2 Å². The fourth-order valence-corrected chi connectivity index (χ4v) is 8.88. The summed E-state index contributed by atoms with van der Waals surface area (Å²) in [6, 6.07) is 10.5. The quantitative estimate of drug-likeness (QED) is 0.0278. The third-order valence-electron chi connectivity index (χ3n) is 12.1. The van der Waals surface area contributed by atoms with Gasteiger partial charge in [-0.1, -0.05) is 122 Å². The number of hydrogen-bond acceptors (Lipinski definition) is 12. The Kier molecular flexibility index (Phi) is 18.9. The van der Waals surface area contributed by atoms with E-state index >= 15 is 0 Å². The predicted octanol–water partition coefficient (Wildman–Crippen LogP) is 10.7. The predicted molar refractivity (Wildman–Crippen MR) is 250 cm³/mol. The summed E-state index contributed by atoms with van der Waals surface area (Å²) in [6.07, 6.45) is 15.9. The van der Waals surface area contributed by atoms with Gasteiger partial charge in [-0.3, -0.25) is 19.0 Å². The van der Waals surface area contributed by atoms with Crippen molar-refractivity contribution in [2.24, 2.45) is 0 Å². The lowest BCUT2D eigenvalue weighted by atomic mass is 9.78. The van der Waals surface area contributed by atoms with Crippen LogP contribution in [0.1, 0.15) is 176 Å². The Morgan fingerprint density at radius 1 is 0.938 bits per heavy atom. The fraction of sp³-hybridized carbons (Fsp3) is 0.580. The number of halogens is 1. The smallest absolute Gasteiger partial charge is 0.338 e. The van der Waals surface area contributed by atoms with Gasteiger partial charge in [-0.05, 0) is 62.1 Å². The highest BCUT2D eigenvalue weighted by molar-refractivity contribution is 6.28. The number of rotatable bonds is 25. The Morgan fingerprint density at radius 3 is 2.25 bits per heavy atom. The molecule has 4 aromatic rings. The number of aliphatic hydroxyl groups excluding tert-OH is 1. The van der Waals surface area contributed by atoms with Crippen molar-refractivity contribution >= 4 is 52.4 Å². The summed E-state index contributed by atoms with van der Waals surface area (Å²) < 4.78 is 24.8. The van der Waals surface area contributed by atoms with Crippen LogP contribution in [0.15, 0.2) is 42.7 Å². The number of carbonyl (C=O) groups is 4. The van der Waals surface area contributed by atoms with Gasteiger partial charge >= 0.3 is 17.9 Å². The number of aryl methyl sites for hydroxylation is 2. The van der Waals surface area contributed by atoms with E-state index in [1.54, 1.807) is 41.8 Å². The van der Waals surface area contributed by atoms with Crippen LogP contribution in [0.5, 0.6) is 5.75 Å². The van der Waals surface area contributed by atoms with E-state index in [0.29, 0.717) is 17.7 Å². The maximum atomic E-state index is 13.6. The van der Waals surface area contributed by atoms with Gasteiger partial charge in [0.2, 0.25) is 11.2 Å². The molecule has 0 spiro atoms. The van der Waals surface area contributed by atoms with Gasteiger partial charge in [0.1, 0.15) is 30.8 Å². The average Bonchev–Trinajstić information content (AvgIpc) is 3.79. The fourth-order valence-electron chi connectivity index (χ4n) is 8.71. The minimum atomic E-state index is -1.31. The molecule has 65 heavy (non-hydrogen) atoms. The topological polar surface area (TPSA) is 181 Å². The lowest BCUT2D eigenvalue weighted by Gasteiger charge is -2.29. The van der Waals surface area contributed by atoms with Crippen molar-refractivity contribution in [3.8, 4) is 5.75 Å². The molecule has 15 heteroatoms. The van der Waals surface area contributed by atoms with Crippen molar-refractivity contribution in [3.05, 3.63) is 75.8 Å². The van der Waals surface area contributed by atoms with E-state index in [0.717, 1.165) is 36.0 Å². The highest BCUT2D eigenvalue weighted by Gasteiger charge is 2.47. The van der Waals surface area contributed by atoms with Gasteiger partial charge < -0.3 is 29.4 Å². The molecule has 1 saturated heterocycles. The lowest BCUT2D eigenvalue weighted by Crippen LogP contribution is -2.41. The normalized spacial score (nSPS) is 17.3. The molecule has 0 unspecified atom stereocenters. The number of benzene rings is 2. The largest absolute Gasteiger partial charge is 0.461 e. The summed E-state index contributed by atoms with van der Waals surface area (Å²) in [5.74, 6) is -1.32. The molecule has 0 saturated carbocycles. The van der Waals surface area contributed by atoms with Crippen molar-refractivity contribution in [1.29, 1.82) is 0 Å². The number of carbonyl (C=O) groups excluding carboxylic acids is 4. The minimum Gasteiger partial charge on any atom is -0.461 e. The van der Waals surface area contributed by atoms with Crippen LogP contribution in [0.3, 0.4) is 0 Å². The molecule has 0 bridgehead atoms. The summed E-state index contributed by atoms with van der Waals surface area (Å²) in [7, 11) is 0. The minimum absolute atomic E-state index is 0.000840. The molecule has 0 radical (unpaired) electrons. The van der Waals surface area contributed by atoms with Crippen molar-refractivity contribution in [2.75, 3.05) is 11.9 Å². The third-order valence-corrected chi connectivity index (χ3v) is 12.2. The van der Waals surface area contributed by atoms with E-state index < -0.39 is 35.3 Å². The summed E-state index contributed by atoms with van der Waals surface area (Å²) in [4.78, 5) is 64.7. The summed E-state index contributed by atoms with van der Waals surface area (Å²) in [5, 5.41) is 13.9. The highest BCUT2D eigenvalue weighted by atomic mass is 35.5. The number of nitrogens with one attached hydrogen (secondary N) is 1. The maximum Gasteiger partial charge on any atom is 0.338 e. The van der Waals surface area contributed by atoms with E-state index in [1.165, 1.54) is 77.5 Å². The van der Waals surface area contributed by atoms with E-state index in [9.17, 15) is 24.3 Å². The molecule has 1 amide bonds. The van der Waals surface area contributed by atoms with E-state index in [2.05, 4.69) is 27.2 Å². The van der Waals surface area contributed by atoms with Crippen molar-refractivity contribution in [1.82, 2.24) is 19.5 Å². The lowest BCUT2D eigenvalue weighted by molar-refractivity contribution is -0.145. The number of ether oxygens (including phenoxy) is 4. The molecule has 5 rings (SSSR count). The molecule has 2 N–H and O–H groups in total. The van der Waals surface area contributed by atoms with Crippen molar-refractivity contribution in [3.63, 3.8) is 0 Å². The number of unbranched alkanes of at least 4 members (excludes halogenated alkanes) is 12. The zero-order valence-corrected chi connectivity index (χ0v) is 40.1. The Labute approximate surface area is 388 Å². The molecule has 3 heterocycles. The van der Waals surface area contributed by atoms with E-state index in [4.69, 9.17) is 30.5 Å². The first-order valence-corrected chi connectivity index (χ1v) is 23.7. The zero-order valence-electron chi connectivity index (χ0n) is 39.3. The van der Waals surface area contributed by atoms with Crippen LogP contribution < -0.4 is 10.1 Å². The Balaban J connectivity index is 1.12. The van der Waals surface area contributed by atoms with Crippen LogP contribution in [-0.2, 0) is 40.6 Å². The van der Waals surface area contributed by atoms with E-state index in [-0.39, 0.29) is 65.8 Å². The summed E-state index contributed by atoms with van der Waals surface area (Å²) in [6.45, 7) is 12.5. The monoisotopic (exact) mass is 917 g/mol. The second-order valence-electron chi connectivity index (χ2n) is 18.3. The number of fused-ring (bicyclic) bond motifs is 1. The SMILES string of the molecule is CCCCCCCCCCCCCCCC(=O)OCc1ccccc1C(=O)OC[C@@]1(C)O[C@@H](n2cnc3c(NC(=O)CC(C)(C)c4c(C)cc(C)cc4OC(C)=O)nc(Cl)nc32)C[C@@H]1O. The molecule has 1 aliphatic heterocycles. The summed E-state index contributed by atoms with van der Waals surface area (Å²) >= 11 is 6.39. The molecule has 3 atom stereocenters. The van der Waals surface area contributed by atoms with Crippen LogP contribution >= 0.6 is 11.6 Å². The molecule has 354 valence electrons. The Bertz CT molecular complexity index is 2260. The van der Waals surface area contributed by atoms with Gasteiger partial charge in [-0.15, -0.1) is 0 Å². The van der Waals surface area contributed by atoms with Gasteiger partial charge in [0.25, 0.3) is 0 Å². The van der Waals surface area contributed by atoms with Crippen LogP contribution in [-0.4, -0.2) is 66.8 Å². The Hall–Kier alpha value is -4.92. The number of amides is 1. The van der Waals surface area contributed by atoms with Crippen LogP contribution in [0.4, 0.5) is 5.82 Å². The molecule has 2 aromatic carbocycles. The highest BCUT2D eigenvalue weighted by Crippen LogP contribution is 2.40.